The Bertz CT molecular complexity index is 3030. The number of halogens is 1. The quantitative estimate of drug-likeness (QED) is 0.0130. The molecule has 1 heterocycles. The molecule has 1 aromatic heterocycles. The maximum atomic E-state index is 13.9. The number of hydrogen-bond acceptors (Lipinski definition) is 21. The van der Waals surface area contributed by atoms with Crippen LogP contribution in [0.2, 0.25) is 0 Å². The summed E-state index contributed by atoms with van der Waals surface area (Å²) in [5.74, 6) is -5.15. The van der Waals surface area contributed by atoms with Crippen LogP contribution >= 0.6 is 22.6 Å². The van der Waals surface area contributed by atoms with Gasteiger partial charge in [0.2, 0.25) is 17.7 Å². The highest BCUT2D eigenvalue weighted by Crippen LogP contribution is 2.21. The van der Waals surface area contributed by atoms with Crippen LogP contribution in [0.15, 0.2) is 54.7 Å². The van der Waals surface area contributed by atoms with Gasteiger partial charge in [0.1, 0.15) is 46.7 Å². The van der Waals surface area contributed by atoms with Gasteiger partial charge in [-0.05, 0) is 179 Å². The van der Waals surface area contributed by atoms with Gasteiger partial charge < -0.3 is 95.4 Å². The van der Waals surface area contributed by atoms with Crippen LogP contribution in [0.25, 0.3) is 11.3 Å². The highest BCUT2D eigenvalue weighted by molar-refractivity contribution is 14.1. The lowest BCUT2D eigenvalue weighted by molar-refractivity contribution is -0.159. The smallest absolute Gasteiger partial charge is 0.407 e. The number of nitrogens with one attached hydrogen (secondary N) is 8. The Balaban J connectivity index is 1.26. The predicted octanol–water partition coefficient (Wildman–Crippen LogP) is 6.19. The van der Waals surface area contributed by atoms with E-state index in [2.05, 4.69) is 75.4 Å². The summed E-state index contributed by atoms with van der Waals surface area (Å²) in [5.41, 5.74) is 0.295. The molecule has 0 fully saturated rings. The molecule has 0 spiro atoms. The Morgan fingerprint density at radius 3 is 1.52 bits per heavy atom. The first-order valence-electron chi connectivity index (χ1n) is 34.4. The number of carboxylic acid groups (broad SMARTS) is 2. The first kappa shape index (κ1) is 88.4. The highest BCUT2D eigenvalue weighted by atomic mass is 127. The topological polar surface area (TPSA) is 421 Å². The van der Waals surface area contributed by atoms with Crippen LogP contribution in [0.3, 0.4) is 0 Å². The minimum Gasteiger partial charge on any atom is -0.481 e. The molecule has 2 aromatic carbocycles. The van der Waals surface area contributed by atoms with E-state index in [0.29, 0.717) is 128 Å². The van der Waals surface area contributed by atoms with E-state index < -0.39 is 101 Å². The maximum absolute atomic E-state index is 13.9. The molecule has 33 heteroatoms. The lowest BCUT2D eigenvalue weighted by Gasteiger charge is -2.26. The van der Waals surface area contributed by atoms with Gasteiger partial charge in [0.25, 0.3) is 0 Å². The summed E-state index contributed by atoms with van der Waals surface area (Å²) in [6.07, 6.45) is 3.79. The Morgan fingerprint density at radius 2 is 0.990 bits per heavy atom. The van der Waals surface area contributed by atoms with Crippen LogP contribution in [0.5, 0.6) is 0 Å². The van der Waals surface area contributed by atoms with Crippen molar-refractivity contribution in [2.75, 3.05) is 104 Å². The van der Waals surface area contributed by atoms with Gasteiger partial charge in [-0.3, -0.25) is 19.2 Å². The van der Waals surface area contributed by atoms with Crippen molar-refractivity contribution < 1.29 is 101 Å². The SMILES string of the molecule is CC(C)(C)OC(=O)NCCCC[C@H](NC(=O)CCOCCOCCOCCOCCOCCOCCn1cc(-c2cccc(NC(=O)NCCCC[C@H](NC(=O)N[C@@H](CCC(=O)O)C(=O)O)C(=O)OC(C)(C)C)c2)nn1)C(=O)N[C@@H](CCCCNC(=O)Cc1ccc(I)cc1)C(=O)OC(C)(C)C. The Morgan fingerprint density at radius 1 is 0.500 bits per heavy atom. The number of amides is 8. The molecule has 3 aromatic rings. The number of aromatic nitrogens is 3. The molecule has 0 radical (unpaired) electrons. The number of rotatable bonds is 51. The average Bonchev–Trinajstić information content (AvgIpc) is 1.74. The van der Waals surface area contributed by atoms with E-state index in [1.54, 1.807) is 91.4 Å². The van der Waals surface area contributed by atoms with E-state index in [1.165, 1.54) is 0 Å². The number of nitrogens with zero attached hydrogens (tertiary/aromatic N) is 3. The molecule has 0 saturated heterocycles. The van der Waals surface area contributed by atoms with Gasteiger partial charge in [-0.1, -0.05) is 29.5 Å². The Kier molecular flexibility index (Phi) is 42.4. The second kappa shape index (κ2) is 48.9. The van der Waals surface area contributed by atoms with Gasteiger partial charge in [-0.2, -0.15) is 0 Å². The normalized spacial score (nSPS) is 12.7. The number of ether oxygens (including phenoxy) is 9. The summed E-state index contributed by atoms with van der Waals surface area (Å²) in [4.78, 5) is 126. The Labute approximate surface area is 610 Å². The molecular formula is C69H108IN11O21. The average molecular weight is 1550 g/mol. The molecule has 0 saturated carbocycles. The Hall–Kier alpha value is -7.83. The molecule has 0 aliphatic rings. The third-order valence-electron chi connectivity index (χ3n) is 14.0. The van der Waals surface area contributed by atoms with E-state index >= 15 is 0 Å². The fourth-order valence-electron chi connectivity index (χ4n) is 9.14. The van der Waals surface area contributed by atoms with E-state index in [0.717, 1.165) is 9.13 Å². The first-order chi connectivity index (χ1) is 48.3. The number of carboxylic acids is 2. The number of unbranched alkanes of at least 4 members (excludes halogenated alkanes) is 3. The van der Waals surface area contributed by atoms with Gasteiger partial charge in [0.05, 0.1) is 98.4 Å². The fourth-order valence-corrected chi connectivity index (χ4v) is 9.50. The van der Waals surface area contributed by atoms with Crippen molar-refractivity contribution in [3.05, 3.63) is 63.9 Å². The van der Waals surface area contributed by atoms with Crippen molar-refractivity contribution in [1.82, 2.24) is 52.2 Å². The van der Waals surface area contributed by atoms with Crippen LogP contribution in [-0.2, 0) is 89.2 Å². The third-order valence-corrected chi connectivity index (χ3v) is 14.7. The summed E-state index contributed by atoms with van der Waals surface area (Å²) < 4.78 is 52.8. The lowest BCUT2D eigenvalue weighted by Crippen LogP contribution is -2.52. The van der Waals surface area contributed by atoms with E-state index in [1.807, 2.05) is 30.3 Å². The van der Waals surface area contributed by atoms with Crippen LogP contribution in [0, 0.1) is 3.57 Å². The lowest BCUT2D eigenvalue weighted by atomic mass is 10.1. The van der Waals surface area contributed by atoms with Crippen molar-refractivity contribution in [1.29, 1.82) is 0 Å². The second-order valence-corrected chi connectivity index (χ2v) is 27.8. The van der Waals surface area contributed by atoms with Crippen LogP contribution in [0.4, 0.5) is 20.1 Å². The summed E-state index contributed by atoms with van der Waals surface area (Å²) in [6, 6.07) is 8.60. The number of alkyl carbamates (subject to hydrolysis) is 1. The van der Waals surface area contributed by atoms with Gasteiger partial charge in [-0.15, -0.1) is 5.10 Å². The molecule has 32 nitrogen and oxygen atoms in total. The largest absolute Gasteiger partial charge is 0.481 e. The zero-order valence-corrected chi connectivity index (χ0v) is 62.5. The number of urea groups is 2. The summed E-state index contributed by atoms with van der Waals surface area (Å²) in [7, 11) is 0. The zero-order valence-electron chi connectivity index (χ0n) is 60.4. The monoisotopic (exact) mass is 1550 g/mol. The van der Waals surface area contributed by atoms with Gasteiger partial charge in [0, 0.05) is 47.3 Å². The summed E-state index contributed by atoms with van der Waals surface area (Å²) in [6.45, 7) is 20.4. The predicted molar refractivity (Wildman–Crippen MR) is 383 cm³/mol. The van der Waals surface area contributed by atoms with Gasteiger partial charge in [-0.25, -0.2) is 33.4 Å². The maximum Gasteiger partial charge on any atom is 0.407 e. The van der Waals surface area contributed by atoms with Crippen molar-refractivity contribution in [3.63, 3.8) is 0 Å². The minimum absolute atomic E-state index is 0.0489. The number of benzene rings is 2. The van der Waals surface area contributed by atoms with Crippen LogP contribution in [0.1, 0.15) is 145 Å². The molecule has 3 rings (SSSR count). The van der Waals surface area contributed by atoms with Crippen molar-refractivity contribution in [2.45, 2.75) is 193 Å². The molecule has 4 atom stereocenters. The minimum atomic E-state index is -1.49. The number of carbonyl (C=O) groups is 10. The van der Waals surface area contributed by atoms with Crippen LogP contribution in [-0.4, -0.2) is 225 Å². The molecule has 0 aliphatic heterocycles. The number of anilines is 1. The number of hydrogen-bond donors (Lipinski definition) is 10. The molecular weight excluding hydrogens is 1450 g/mol. The second-order valence-electron chi connectivity index (χ2n) is 26.6. The number of aliphatic carboxylic acids is 2. The fraction of sp³-hybridized carbons (Fsp3) is 0.652. The van der Waals surface area contributed by atoms with E-state index in [9.17, 15) is 53.1 Å². The number of esters is 2. The van der Waals surface area contributed by atoms with E-state index in [4.69, 9.17) is 47.7 Å². The molecule has 8 amide bonds. The van der Waals surface area contributed by atoms with Gasteiger partial charge in [0.15, 0.2) is 0 Å². The molecule has 572 valence electrons. The third kappa shape index (κ3) is 43.9. The number of carbonyl (C=O) groups excluding carboxylic acids is 8. The molecule has 0 bridgehead atoms. The van der Waals surface area contributed by atoms with Crippen molar-refractivity contribution in [3.8, 4) is 11.3 Å². The molecule has 0 unspecified atom stereocenters. The van der Waals surface area contributed by atoms with Crippen LogP contribution < -0.4 is 42.5 Å². The summed E-state index contributed by atoms with van der Waals surface area (Å²) in [5, 5.41) is 48.1. The van der Waals surface area contributed by atoms with Crippen molar-refractivity contribution in [2.24, 2.45) is 0 Å². The van der Waals surface area contributed by atoms with Crippen molar-refractivity contribution >= 4 is 88.0 Å². The molecule has 10 N–H and O–H groups in total. The van der Waals surface area contributed by atoms with Gasteiger partial charge >= 0.3 is 42.0 Å². The molecule has 102 heavy (non-hydrogen) atoms. The zero-order chi connectivity index (χ0) is 75.4. The first-order valence-corrected chi connectivity index (χ1v) is 35.5. The molecule has 0 aliphatic carbocycles. The standard InChI is InChI=1S/C69H108IN11O21/c1-67(2,3)100-62(89)54(20-11-13-29-71-58(83)45-48-22-24-50(70)25-23-48)76-60(86)52(19-10-15-31-73-66(93)102-69(7,8)9)75-57(82)28-33-94-35-37-96-39-41-98-43-44-99-42-40-97-38-36-95-34-32-81-47-56(79-80-81)49-17-16-18-51(46-49)74-64(91)72-30-14-12-21-55(63(90)101-68(4,5)6)78-65(92)77-53(61(87)88)26-27-59(84)85/h16-18,22-25,46-47,52-55H,10-15,19-21,26-45H2,1-9H3,(H,71,83)(H,73,93)(H,75,82)(H,76,86)(H,84,85)(H,87,88)(H2,72,74,91)(H2,77,78,92)/t52-,53-,54-,55-/m0/s1. The highest BCUT2D eigenvalue weighted by Gasteiger charge is 2.31. The summed E-state index contributed by atoms with van der Waals surface area (Å²) >= 11 is 2.21. The van der Waals surface area contributed by atoms with E-state index in [-0.39, 0.29) is 77.3 Å².